The molecule has 0 spiro atoms. The number of imidazole rings is 1. The summed E-state index contributed by atoms with van der Waals surface area (Å²) in [4.78, 5) is 40.2. The molecule has 9 nitrogen and oxygen atoms in total. The van der Waals surface area contributed by atoms with Gasteiger partial charge in [0.25, 0.3) is 0 Å². The number of hydrogen-bond acceptors (Lipinski definition) is 8. The molecule has 0 radical (unpaired) electrons. The molecule has 35 heavy (non-hydrogen) atoms. The molecule has 3 heterocycles. The molecule has 3 saturated carbocycles. The van der Waals surface area contributed by atoms with Crippen molar-refractivity contribution in [1.82, 2.24) is 24.8 Å². The first-order valence-electron chi connectivity index (χ1n) is 11.6. The molecule has 180 valence electrons. The Labute approximate surface area is 210 Å². The van der Waals surface area contributed by atoms with Gasteiger partial charge in [-0.3, -0.25) is 9.59 Å². The number of fused-ring (bicyclic) bond motifs is 2. The number of carbonyl (C=O) groups is 2. The Balaban J connectivity index is 1.41. The summed E-state index contributed by atoms with van der Waals surface area (Å²) < 4.78 is 2.32. The lowest BCUT2D eigenvalue weighted by Crippen LogP contribution is -2.39. The molecule has 0 aromatic carbocycles. The molecule has 3 aliphatic rings. The molecule has 3 aliphatic carbocycles. The number of aliphatic hydroxyl groups excluding tert-OH is 1. The second-order valence-corrected chi connectivity index (χ2v) is 11.1. The number of ketones is 1. The normalized spacial score (nSPS) is 27.2. The highest BCUT2D eigenvalue weighted by Crippen LogP contribution is 2.66. The number of halogens is 1. The van der Waals surface area contributed by atoms with E-state index in [0.717, 1.165) is 11.4 Å². The van der Waals surface area contributed by atoms with Crippen LogP contribution in [0.4, 0.5) is 5.82 Å². The number of carbonyl (C=O) groups excluding carboxylic acids is 2. The van der Waals surface area contributed by atoms with Crippen LogP contribution in [0.2, 0.25) is 4.34 Å². The van der Waals surface area contributed by atoms with Crippen molar-refractivity contribution >= 4 is 51.6 Å². The van der Waals surface area contributed by atoms with Gasteiger partial charge in [0, 0.05) is 19.5 Å². The van der Waals surface area contributed by atoms with Crippen LogP contribution in [0, 0.1) is 29.1 Å². The Bertz CT molecular complexity index is 1420. The highest BCUT2D eigenvalue weighted by molar-refractivity contribution is 7.16. The molecule has 0 aliphatic heterocycles. The third-order valence-corrected chi connectivity index (χ3v) is 8.66. The predicted molar refractivity (Wildman–Crippen MR) is 131 cm³/mol. The molecule has 0 bridgehead atoms. The maximum atomic E-state index is 13.1. The van der Waals surface area contributed by atoms with Crippen LogP contribution in [-0.4, -0.2) is 56.0 Å². The monoisotopic (exact) mass is 510 g/mol. The van der Waals surface area contributed by atoms with E-state index in [9.17, 15) is 14.7 Å². The first-order chi connectivity index (χ1) is 16.9. The summed E-state index contributed by atoms with van der Waals surface area (Å²) in [6, 6.07) is 2.90. The van der Waals surface area contributed by atoms with Gasteiger partial charge in [-0.1, -0.05) is 18.0 Å². The second kappa shape index (κ2) is 8.29. The van der Waals surface area contributed by atoms with Gasteiger partial charge in [0.1, 0.15) is 12.1 Å². The highest BCUT2D eigenvalue weighted by atomic mass is 35.5. The molecule has 4 unspecified atom stereocenters. The van der Waals surface area contributed by atoms with Crippen LogP contribution in [0.5, 0.6) is 0 Å². The molecule has 11 heteroatoms. The summed E-state index contributed by atoms with van der Waals surface area (Å²) in [6.45, 7) is 0.774. The fraction of sp³-hybridized carbons (Fsp3) is 0.458. The van der Waals surface area contributed by atoms with Crippen molar-refractivity contribution in [1.29, 1.82) is 0 Å². The van der Waals surface area contributed by atoms with Crippen molar-refractivity contribution in [3.05, 3.63) is 33.5 Å². The van der Waals surface area contributed by atoms with Gasteiger partial charge in [-0.15, -0.1) is 11.3 Å². The summed E-state index contributed by atoms with van der Waals surface area (Å²) in [6.07, 6.45) is 4.24. The number of aliphatic hydroxyl groups is 1. The summed E-state index contributed by atoms with van der Waals surface area (Å²) in [7, 11) is 1.52. The van der Waals surface area contributed by atoms with Crippen LogP contribution in [0.25, 0.3) is 11.2 Å². The van der Waals surface area contributed by atoms with E-state index in [4.69, 9.17) is 11.6 Å². The maximum Gasteiger partial charge on any atom is 0.229 e. The molecule has 3 fully saturated rings. The molecule has 3 N–H and O–H groups in total. The van der Waals surface area contributed by atoms with Crippen LogP contribution >= 0.6 is 22.9 Å². The third kappa shape index (κ3) is 3.53. The average Bonchev–Trinajstić information content (AvgIpc) is 3.06. The third-order valence-electron chi connectivity index (χ3n) is 7.51. The maximum absolute atomic E-state index is 13.1. The summed E-state index contributed by atoms with van der Waals surface area (Å²) in [5.41, 5.74) is -0.0869. The molecule has 4 atom stereocenters. The number of thiophene rings is 1. The molecular weight excluding hydrogens is 488 g/mol. The lowest BCUT2D eigenvalue weighted by molar-refractivity contribution is -0.137. The van der Waals surface area contributed by atoms with Crippen molar-refractivity contribution in [2.45, 2.75) is 37.8 Å². The lowest BCUT2D eigenvalue weighted by Gasteiger charge is -2.25. The Hall–Kier alpha value is -3.00. The quantitative estimate of drug-likeness (QED) is 0.450. The van der Waals surface area contributed by atoms with Gasteiger partial charge in [0.15, 0.2) is 22.8 Å². The van der Waals surface area contributed by atoms with Crippen molar-refractivity contribution in [2.75, 3.05) is 18.9 Å². The number of aromatic nitrogens is 4. The zero-order valence-electron chi connectivity index (χ0n) is 18.9. The number of amides is 1. The fourth-order valence-corrected chi connectivity index (χ4v) is 6.21. The molecule has 3 aromatic heterocycles. The number of Topliss-reactive ketones (excluding diaryl/α,β-unsaturated/α-hetero) is 1. The largest absolute Gasteiger partial charge is 0.384 e. The highest BCUT2D eigenvalue weighted by Gasteiger charge is 2.75. The number of hydrogen-bond donors (Lipinski definition) is 3. The van der Waals surface area contributed by atoms with E-state index >= 15 is 0 Å². The average molecular weight is 511 g/mol. The molecular formula is C24H23ClN6O3S. The number of anilines is 1. The van der Waals surface area contributed by atoms with Gasteiger partial charge >= 0.3 is 0 Å². The summed E-state index contributed by atoms with van der Waals surface area (Å²) in [5.74, 6) is 6.48. The van der Waals surface area contributed by atoms with E-state index in [1.54, 1.807) is 17.0 Å². The van der Waals surface area contributed by atoms with Crippen LogP contribution in [0.15, 0.2) is 18.5 Å². The van der Waals surface area contributed by atoms with E-state index in [1.807, 2.05) is 6.07 Å². The van der Waals surface area contributed by atoms with Crippen molar-refractivity contribution in [3.63, 3.8) is 0 Å². The summed E-state index contributed by atoms with van der Waals surface area (Å²) in [5, 5.41) is 16.7. The number of rotatable bonds is 5. The van der Waals surface area contributed by atoms with Crippen LogP contribution < -0.4 is 10.6 Å². The second-order valence-electron chi connectivity index (χ2n) is 9.43. The SMILES string of the molecule is CNC(=O)C12CC1C(n1cnc3c(NCC4CCC4)nc(C#Cc4ccc(Cl)s4)nc31)C(=O)C2O. The summed E-state index contributed by atoms with van der Waals surface area (Å²) >= 11 is 7.39. The van der Waals surface area contributed by atoms with Gasteiger partial charge < -0.3 is 20.3 Å². The Kier molecular flexibility index (Phi) is 5.32. The van der Waals surface area contributed by atoms with Gasteiger partial charge in [-0.2, -0.15) is 0 Å². The zero-order chi connectivity index (χ0) is 24.3. The van der Waals surface area contributed by atoms with Gasteiger partial charge in [0.2, 0.25) is 11.7 Å². The van der Waals surface area contributed by atoms with Crippen LogP contribution in [-0.2, 0) is 9.59 Å². The minimum absolute atomic E-state index is 0.291. The number of nitrogens with zero attached hydrogens (tertiary/aromatic N) is 4. The van der Waals surface area contributed by atoms with Gasteiger partial charge in [-0.05, 0) is 49.2 Å². The topological polar surface area (TPSA) is 122 Å². The molecule has 1 amide bonds. The number of nitrogens with one attached hydrogen (secondary N) is 2. The minimum Gasteiger partial charge on any atom is -0.384 e. The van der Waals surface area contributed by atoms with Crippen LogP contribution in [0.3, 0.4) is 0 Å². The minimum atomic E-state index is -1.35. The van der Waals surface area contributed by atoms with Crippen LogP contribution in [0.1, 0.15) is 42.4 Å². The first kappa shape index (κ1) is 22.5. The van der Waals surface area contributed by atoms with E-state index in [2.05, 4.69) is 37.4 Å². The van der Waals surface area contributed by atoms with Crippen molar-refractivity contribution in [2.24, 2.45) is 17.3 Å². The fourth-order valence-electron chi connectivity index (χ4n) is 5.31. The predicted octanol–water partition coefficient (Wildman–Crippen LogP) is 2.39. The van der Waals surface area contributed by atoms with Crippen molar-refractivity contribution < 1.29 is 14.7 Å². The molecule has 3 aromatic rings. The Morgan fingerprint density at radius 3 is 2.86 bits per heavy atom. The Morgan fingerprint density at radius 1 is 1.34 bits per heavy atom. The van der Waals surface area contributed by atoms with E-state index in [-0.39, 0.29) is 11.8 Å². The standard InChI is InChI=1S/C24H23ClN6O3S/c1-26-23(34)24-9-14(24)18(19(32)20(24)33)31-11-28-17-21(27-10-12-3-2-4-12)29-16(30-22(17)31)8-6-13-5-7-15(25)35-13/h5,7,11-12,14,18,20,33H,2-4,9-10H2,1H3,(H,26,34)(H,27,29,30). The van der Waals surface area contributed by atoms with E-state index in [1.165, 1.54) is 37.6 Å². The lowest BCUT2D eigenvalue weighted by atomic mass is 9.85. The van der Waals surface area contributed by atoms with Crippen molar-refractivity contribution in [3.8, 4) is 11.8 Å². The molecule has 6 rings (SSSR count). The zero-order valence-corrected chi connectivity index (χ0v) is 20.5. The van der Waals surface area contributed by atoms with Gasteiger partial charge in [0.05, 0.1) is 21.0 Å². The van der Waals surface area contributed by atoms with E-state index < -0.39 is 23.3 Å². The Morgan fingerprint density at radius 2 is 2.17 bits per heavy atom. The van der Waals surface area contributed by atoms with Gasteiger partial charge in [-0.25, -0.2) is 15.0 Å². The van der Waals surface area contributed by atoms with E-state index in [0.29, 0.717) is 39.5 Å². The molecule has 0 saturated heterocycles. The smallest absolute Gasteiger partial charge is 0.229 e. The first-order valence-corrected chi connectivity index (χ1v) is 12.8.